The van der Waals surface area contributed by atoms with Crippen LogP contribution in [0.4, 0.5) is 0 Å². The molecule has 1 amide bonds. The summed E-state index contributed by atoms with van der Waals surface area (Å²) in [6, 6.07) is -0.662. The number of aliphatic hydroxyl groups excluding tert-OH is 2. The summed E-state index contributed by atoms with van der Waals surface area (Å²) < 4.78 is 15.8. The third-order valence-corrected chi connectivity index (χ3v) is 3.33. The minimum absolute atomic E-state index is 0.304. The number of carbonyl (C=O) groups is 1. The molecule has 0 aromatic rings. The van der Waals surface area contributed by atoms with E-state index in [1.54, 1.807) is 13.8 Å². The molecule has 112 valence electrons. The van der Waals surface area contributed by atoms with Crippen LogP contribution in [0.5, 0.6) is 0 Å². The fourth-order valence-electron chi connectivity index (χ4n) is 2.11. The van der Waals surface area contributed by atoms with E-state index in [0.717, 1.165) is 0 Å². The van der Waals surface area contributed by atoms with E-state index in [1.807, 2.05) is 0 Å². The molecule has 0 aliphatic carbocycles. The number of carbonyl (C=O) groups excluding carboxylic acids is 1. The van der Waals surface area contributed by atoms with E-state index in [2.05, 4.69) is 5.32 Å². The molecule has 0 spiro atoms. The first-order valence-corrected chi connectivity index (χ1v) is 6.33. The molecule has 1 aliphatic rings. The molecule has 0 radical (unpaired) electrons. The van der Waals surface area contributed by atoms with Gasteiger partial charge < -0.3 is 29.7 Å². The van der Waals surface area contributed by atoms with Crippen LogP contribution in [0, 0.1) is 0 Å². The van der Waals surface area contributed by atoms with Crippen LogP contribution in [0.25, 0.3) is 0 Å². The van der Waals surface area contributed by atoms with Crippen molar-refractivity contribution in [3.8, 4) is 0 Å². The highest BCUT2D eigenvalue weighted by Crippen LogP contribution is 2.23. The van der Waals surface area contributed by atoms with Gasteiger partial charge in [0.2, 0.25) is 5.91 Å². The van der Waals surface area contributed by atoms with Gasteiger partial charge in [-0.25, -0.2) is 0 Å². The van der Waals surface area contributed by atoms with Gasteiger partial charge in [0, 0.05) is 14.2 Å². The minimum Gasteiger partial charge on any atom is -0.388 e. The topological polar surface area (TPSA) is 97.3 Å². The molecule has 1 saturated heterocycles. The number of rotatable bonds is 5. The smallest absolute Gasteiger partial charge is 0.249 e. The van der Waals surface area contributed by atoms with Crippen molar-refractivity contribution in [2.75, 3.05) is 14.2 Å². The fraction of sp³-hybridized carbons (Fsp3) is 0.917. The van der Waals surface area contributed by atoms with Crippen molar-refractivity contribution in [3.63, 3.8) is 0 Å². The molecular formula is C12H23NO6. The monoisotopic (exact) mass is 277 g/mol. The Balaban J connectivity index is 2.74. The zero-order chi connectivity index (χ0) is 14.6. The van der Waals surface area contributed by atoms with Crippen molar-refractivity contribution >= 4 is 5.91 Å². The lowest BCUT2D eigenvalue weighted by atomic mass is 9.96. The largest absolute Gasteiger partial charge is 0.388 e. The summed E-state index contributed by atoms with van der Waals surface area (Å²) in [6.07, 6.45) is -3.63. The van der Waals surface area contributed by atoms with Gasteiger partial charge in [-0.3, -0.25) is 4.79 Å². The van der Waals surface area contributed by atoms with Crippen LogP contribution in [0.2, 0.25) is 0 Å². The summed E-state index contributed by atoms with van der Waals surface area (Å²) in [7, 11) is 2.88. The van der Waals surface area contributed by atoms with Gasteiger partial charge in [-0.05, 0) is 13.3 Å². The first-order valence-electron chi connectivity index (χ1n) is 6.33. The van der Waals surface area contributed by atoms with Crippen molar-refractivity contribution in [3.05, 3.63) is 0 Å². The molecule has 1 rings (SSSR count). The number of methoxy groups -OCH3 is 2. The number of amides is 1. The molecule has 6 unspecified atom stereocenters. The van der Waals surface area contributed by atoms with E-state index in [-0.39, 0.29) is 0 Å². The quantitative estimate of drug-likeness (QED) is 0.597. The van der Waals surface area contributed by atoms with Crippen molar-refractivity contribution in [1.29, 1.82) is 0 Å². The van der Waals surface area contributed by atoms with Gasteiger partial charge in [0.25, 0.3) is 0 Å². The maximum Gasteiger partial charge on any atom is 0.249 e. The summed E-state index contributed by atoms with van der Waals surface area (Å²) in [4.78, 5) is 11.7. The summed E-state index contributed by atoms with van der Waals surface area (Å²) in [5, 5.41) is 22.3. The molecule has 0 saturated carbocycles. The number of ether oxygens (including phenoxy) is 3. The van der Waals surface area contributed by atoms with Crippen molar-refractivity contribution < 1.29 is 29.2 Å². The molecule has 0 aromatic heterocycles. The second kappa shape index (κ2) is 7.16. The Labute approximate surface area is 112 Å². The number of hydrogen-bond donors (Lipinski definition) is 3. The zero-order valence-electron chi connectivity index (χ0n) is 11.7. The summed E-state index contributed by atoms with van der Waals surface area (Å²) >= 11 is 0. The Morgan fingerprint density at radius 1 is 1.42 bits per heavy atom. The predicted octanol–water partition coefficient (Wildman–Crippen LogP) is -0.991. The highest BCUT2D eigenvalue weighted by Gasteiger charge is 2.44. The summed E-state index contributed by atoms with van der Waals surface area (Å²) in [6.45, 7) is 3.41. The molecule has 0 aromatic carbocycles. The molecule has 19 heavy (non-hydrogen) atoms. The highest BCUT2D eigenvalue weighted by atomic mass is 16.7. The Kier molecular flexibility index (Phi) is 6.15. The van der Waals surface area contributed by atoms with Gasteiger partial charge in [-0.2, -0.15) is 0 Å². The molecule has 3 N–H and O–H groups in total. The minimum atomic E-state index is -1.10. The molecule has 6 atom stereocenters. The van der Waals surface area contributed by atoms with E-state index in [1.165, 1.54) is 14.2 Å². The van der Waals surface area contributed by atoms with Crippen LogP contribution >= 0.6 is 0 Å². The third kappa shape index (κ3) is 3.64. The third-order valence-electron chi connectivity index (χ3n) is 3.33. The van der Waals surface area contributed by atoms with Gasteiger partial charge in [0.15, 0.2) is 6.29 Å². The molecule has 1 fully saturated rings. The summed E-state index contributed by atoms with van der Waals surface area (Å²) in [5.41, 5.74) is 0. The van der Waals surface area contributed by atoms with Crippen LogP contribution < -0.4 is 5.32 Å². The Morgan fingerprint density at radius 2 is 2.05 bits per heavy atom. The summed E-state index contributed by atoms with van der Waals surface area (Å²) in [5.74, 6) is -0.535. The molecular weight excluding hydrogens is 254 g/mol. The second-order valence-corrected chi connectivity index (χ2v) is 4.59. The Hall–Kier alpha value is -0.730. The number of hydrogen-bond acceptors (Lipinski definition) is 6. The van der Waals surface area contributed by atoms with Gasteiger partial charge in [0.05, 0.1) is 12.1 Å². The molecule has 0 bridgehead atoms. The lowest BCUT2D eigenvalue weighted by Gasteiger charge is -2.42. The average molecular weight is 277 g/mol. The second-order valence-electron chi connectivity index (χ2n) is 4.59. The Morgan fingerprint density at radius 3 is 2.53 bits per heavy atom. The van der Waals surface area contributed by atoms with Crippen LogP contribution in [0.15, 0.2) is 0 Å². The molecule has 7 heteroatoms. The first-order chi connectivity index (χ1) is 8.96. The van der Waals surface area contributed by atoms with Crippen molar-refractivity contribution in [1.82, 2.24) is 5.32 Å². The highest BCUT2D eigenvalue weighted by molar-refractivity contribution is 5.80. The van der Waals surface area contributed by atoms with Gasteiger partial charge in [-0.15, -0.1) is 0 Å². The van der Waals surface area contributed by atoms with E-state index < -0.39 is 42.7 Å². The van der Waals surface area contributed by atoms with Crippen LogP contribution in [0.1, 0.15) is 20.3 Å². The van der Waals surface area contributed by atoms with Gasteiger partial charge in [0.1, 0.15) is 18.3 Å². The van der Waals surface area contributed by atoms with Crippen LogP contribution in [-0.4, -0.2) is 67.1 Å². The van der Waals surface area contributed by atoms with Gasteiger partial charge in [-0.1, -0.05) is 6.92 Å². The molecule has 7 nitrogen and oxygen atoms in total. The predicted molar refractivity (Wildman–Crippen MR) is 66.4 cm³/mol. The molecule has 1 heterocycles. The number of aliphatic hydroxyl groups is 2. The lowest BCUT2D eigenvalue weighted by Crippen LogP contribution is -2.64. The standard InChI is InChI=1S/C12H23NO6/c1-5-7(14)11(16)13-8-6(2)19-12(18-4)10(17-3)9(8)15/h6-10,12,14-15H,5H2,1-4H3,(H,13,16). The van der Waals surface area contributed by atoms with E-state index >= 15 is 0 Å². The normalized spacial score (nSPS) is 36.8. The van der Waals surface area contributed by atoms with Crippen molar-refractivity contribution in [2.24, 2.45) is 0 Å². The van der Waals surface area contributed by atoms with Crippen LogP contribution in [0.3, 0.4) is 0 Å². The fourth-order valence-corrected chi connectivity index (χ4v) is 2.11. The zero-order valence-corrected chi connectivity index (χ0v) is 11.7. The van der Waals surface area contributed by atoms with E-state index in [4.69, 9.17) is 14.2 Å². The van der Waals surface area contributed by atoms with Crippen molar-refractivity contribution in [2.45, 2.75) is 57.0 Å². The SMILES string of the molecule is CCC(O)C(=O)NC1C(C)OC(OC)C(OC)C1O. The molecule has 1 aliphatic heterocycles. The van der Waals surface area contributed by atoms with E-state index in [9.17, 15) is 15.0 Å². The van der Waals surface area contributed by atoms with Crippen LogP contribution in [-0.2, 0) is 19.0 Å². The first kappa shape index (κ1) is 16.3. The number of nitrogens with one attached hydrogen (secondary N) is 1. The lowest BCUT2D eigenvalue weighted by molar-refractivity contribution is -0.269. The Bertz CT molecular complexity index is 300. The maximum absolute atomic E-state index is 11.7. The van der Waals surface area contributed by atoms with Gasteiger partial charge >= 0.3 is 0 Å². The average Bonchev–Trinajstić information content (AvgIpc) is 2.41. The van der Waals surface area contributed by atoms with E-state index in [0.29, 0.717) is 6.42 Å². The maximum atomic E-state index is 11.7.